The van der Waals surface area contributed by atoms with Gasteiger partial charge in [-0.3, -0.25) is 0 Å². The molecule has 3 heteroatoms. The van der Waals surface area contributed by atoms with Crippen molar-refractivity contribution in [3.05, 3.63) is 46.0 Å². The first-order chi connectivity index (χ1) is 6.77. The summed E-state index contributed by atoms with van der Waals surface area (Å²) >= 11 is 1.59. The van der Waals surface area contributed by atoms with Crippen LogP contribution in [0.25, 0.3) is 0 Å². The number of furan rings is 1. The molecular formula is C11H12O2S. The molecule has 1 unspecified atom stereocenters. The Morgan fingerprint density at radius 3 is 2.93 bits per heavy atom. The molecule has 1 atom stereocenters. The van der Waals surface area contributed by atoms with Crippen LogP contribution in [0.5, 0.6) is 0 Å². The fourth-order valence-corrected chi connectivity index (χ4v) is 2.35. The van der Waals surface area contributed by atoms with Gasteiger partial charge in [0, 0.05) is 11.3 Å². The Morgan fingerprint density at radius 1 is 1.50 bits per heavy atom. The van der Waals surface area contributed by atoms with Crippen LogP contribution in [-0.4, -0.2) is 5.11 Å². The van der Waals surface area contributed by atoms with E-state index >= 15 is 0 Å². The second-order valence-electron chi connectivity index (χ2n) is 3.27. The van der Waals surface area contributed by atoms with Crippen molar-refractivity contribution < 1.29 is 9.52 Å². The Kier molecular flexibility index (Phi) is 2.70. The SMILES string of the molecule is Cc1ccsc1C(O)Cc1ccco1. The van der Waals surface area contributed by atoms with E-state index in [1.165, 1.54) is 0 Å². The third kappa shape index (κ3) is 1.89. The van der Waals surface area contributed by atoms with E-state index in [0.29, 0.717) is 6.42 Å². The van der Waals surface area contributed by atoms with Gasteiger partial charge in [0.1, 0.15) is 5.76 Å². The molecule has 2 heterocycles. The van der Waals surface area contributed by atoms with E-state index in [9.17, 15) is 5.11 Å². The number of aliphatic hydroxyl groups excluding tert-OH is 1. The molecule has 2 nitrogen and oxygen atoms in total. The largest absolute Gasteiger partial charge is 0.469 e. The highest BCUT2D eigenvalue weighted by atomic mass is 32.1. The third-order valence-electron chi connectivity index (χ3n) is 2.18. The van der Waals surface area contributed by atoms with Crippen LogP contribution in [0.15, 0.2) is 34.3 Å². The van der Waals surface area contributed by atoms with E-state index in [1.54, 1.807) is 17.6 Å². The molecule has 1 N–H and O–H groups in total. The molecule has 0 bridgehead atoms. The van der Waals surface area contributed by atoms with E-state index in [4.69, 9.17) is 4.42 Å². The topological polar surface area (TPSA) is 33.4 Å². The minimum atomic E-state index is -0.443. The highest BCUT2D eigenvalue weighted by Gasteiger charge is 2.13. The zero-order chi connectivity index (χ0) is 9.97. The zero-order valence-corrected chi connectivity index (χ0v) is 8.75. The monoisotopic (exact) mass is 208 g/mol. The highest BCUT2D eigenvalue weighted by Crippen LogP contribution is 2.26. The molecule has 0 spiro atoms. The van der Waals surface area contributed by atoms with Gasteiger partial charge in [-0.1, -0.05) is 0 Å². The molecule has 0 aliphatic heterocycles. The summed E-state index contributed by atoms with van der Waals surface area (Å²) in [6, 6.07) is 5.74. The number of hydrogen-bond acceptors (Lipinski definition) is 3. The van der Waals surface area contributed by atoms with Crippen molar-refractivity contribution in [2.24, 2.45) is 0 Å². The van der Waals surface area contributed by atoms with E-state index in [1.807, 2.05) is 30.5 Å². The van der Waals surface area contributed by atoms with Gasteiger partial charge in [-0.25, -0.2) is 0 Å². The van der Waals surface area contributed by atoms with Crippen LogP contribution in [-0.2, 0) is 6.42 Å². The molecule has 0 aliphatic carbocycles. The third-order valence-corrected chi connectivity index (χ3v) is 3.30. The zero-order valence-electron chi connectivity index (χ0n) is 7.93. The number of aliphatic hydroxyl groups is 1. The summed E-state index contributed by atoms with van der Waals surface area (Å²) in [5.41, 5.74) is 1.15. The standard InChI is InChI=1S/C11H12O2S/c1-8-4-6-14-11(8)10(12)7-9-3-2-5-13-9/h2-6,10,12H,7H2,1H3. The van der Waals surface area contributed by atoms with Crippen LogP contribution in [0.4, 0.5) is 0 Å². The molecule has 2 aromatic heterocycles. The lowest BCUT2D eigenvalue weighted by Gasteiger charge is -2.07. The van der Waals surface area contributed by atoms with Crippen LogP contribution in [0.3, 0.4) is 0 Å². The summed E-state index contributed by atoms with van der Waals surface area (Å²) in [6.07, 6.45) is 1.73. The van der Waals surface area contributed by atoms with Crippen LogP contribution in [0.2, 0.25) is 0 Å². The van der Waals surface area contributed by atoms with Gasteiger partial charge in [0.05, 0.1) is 12.4 Å². The van der Waals surface area contributed by atoms with Crippen molar-refractivity contribution in [2.75, 3.05) is 0 Å². The van der Waals surface area contributed by atoms with E-state index in [2.05, 4.69) is 0 Å². The maximum Gasteiger partial charge on any atom is 0.106 e. The Balaban J connectivity index is 2.10. The lowest BCUT2D eigenvalue weighted by molar-refractivity contribution is 0.173. The Labute approximate surface area is 86.8 Å². The fourth-order valence-electron chi connectivity index (χ4n) is 1.44. The lowest BCUT2D eigenvalue weighted by atomic mass is 10.1. The molecule has 0 aliphatic rings. The second kappa shape index (κ2) is 3.98. The maximum absolute atomic E-state index is 9.91. The average Bonchev–Trinajstić information content (AvgIpc) is 2.75. The highest BCUT2D eigenvalue weighted by molar-refractivity contribution is 7.10. The van der Waals surface area contributed by atoms with Gasteiger partial charge in [-0.15, -0.1) is 11.3 Å². The smallest absolute Gasteiger partial charge is 0.106 e. The van der Waals surface area contributed by atoms with Gasteiger partial charge in [0.2, 0.25) is 0 Å². The summed E-state index contributed by atoms with van der Waals surface area (Å²) in [5, 5.41) is 11.9. The van der Waals surface area contributed by atoms with Crippen LogP contribution < -0.4 is 0 Å². The number of thiophene rings is 1. The van der Waals surface area contributed by atoms with Crippen LogP contribution in [0.1, 0.15) is 22.3 Å². The van der Waals surface area contributed by atoms with Crippen molar-refractivity contribution in [1.29, 1.82) is 0 Å². The molecule has 0 saturated heterocycles. The summed E-state index contributed by atoms with van der Waals surface area (Å²) in [7, 11) is 0. The molecule has 14 heavy (non-hydrogen) atoms. The molecule has 2 aromatic rings. The molecule has 0 radical (unpaired) electrons. The maximum atomic E-state index is 9.91. The lowest BCUT2D eigenvalue weighted by Crippen LogP contribution is -1.99. The molecule has 74 valence electrons. The summed E-state index contributed by atoms with van der Waals surface area (Å²) in [5.74, 6) is 0.824. The van der Waals surface area contributed by atoms with Gasteiger partial charge in [-0.2, -0.15) is 0 Å². The first-order valence-electron chi connectivity index (χ1n) is 4.52. The normalized spacial score (nSPS) is 13.0. The van der Waals surface area contributed by atoms with E-state index in [-0.39, 0.29) is 0 Å². The van der Waals surface area contributed by atoms with Gasteiger partial charge in [0.25, 0.3) is 0 Å². The quantitative estimate of drug-likeness (QED) is 0.841. The first kappa shape index (κ1) is 9.49. The number of aryl methyl sites for hydroxylation is 1. The molecule has 2 rings (SSSR count). The first-order valence-corrected chi connectivity index (χ1v) is 5.40. The number of rotatable bonds is 3. The molecule has 0 fully saturated rings. The van der Waals surface area contributed by atoms with Crippen LogP contribution >= 0.6 is 11.3 Å². The molecule has 0 saturated carbocycles. The van der Waals surface area contributed by atoms with E-state index in [0.717, 1.165) is 16.2 Å². The summed E-state index contributed by atoms with van der Waals surface area (Å²) in [4.78, 5) is 1.03. The van der Waals surface area contributed by atoms with Crippen LogP contribution in [0, 0.1) is 6.92 Å². The second-order valence-corrected chi connectivity index (χ2v) is 4.21. The predicted octanol–water partition coefficient (Wildman–Crippen LogP) is 2.93. The predicted molar refractivity (Wildman–Crippen MR) is 56.4 cm³/mol. The Morgan fingerprint density at radius 2 is 2.36 bits per heavy atom. The van der Waals surface area contributed by atoms with Crippen molar-refractivity contribution in [1.82, 2.24) is 0 Å². The van der Waals surface area contributed by atoms with Gasteiger partial charge < -0.3 is 9.52 Å². The Hall–Kier alpha value is -1.06. The van der Waals surface area contributed by atoms with Gasteiger partial charge in [0.15, 0.2) is 0 Å². The minimum Gasteiger partial charge on any atom is -0.469 e. The average molecular weight is 208 g/mol. The summed E-state index contributed by atoms with van der Waals surface area (Å²) < 4.78 is 5.19. The minimum absolute atomic E-state index is 0.443. The summed E-state index contributed by atoms with van der Waals surface area (Å²) in [6.45, 7) is 2.01. The van der Waals surface area contributed by atoms with E-state index < -0.39 is 6.10 Å². The fraction of sp³-hybridized carbons (Fsp3) is 0.273. The van der Waals surface area contributed by atoms with Gasteiger partial charge >= 0.3 is 0 Å². The van der Waals surface area contributed by atoms with Crippen molar-refractivity contribution in [2.45, 2.75) is 19.4 Å². The van der Waals surface area contributed by atoms with Crippen molar-refractivity contribution in [3.8, 4) is 0 Å². The van der Waals surface area contributed by atoms with Crippen molar-refractivity contribution in [3.63, 3.8) is 0 Å². The Bertz CT molecular complexity index is 389. The number of hydrogen-bond donors (Lipinski definition) is 1. The molecule has 0 aromatic carbocycles. The van der Waals surface area contributed by atoms with Gasteiger partial charge in [-0.05, 0) is 36.1 Å². The molecule has 0 amide bonds. The van der Waals surface area contributed by atoms with Crippen molar-refractivity contribution >= 4 is 11.3 Å². The molecular weight excluding hydrogens is 196 g/mol.